The van der Waals surface area contributed by atoms with Crippen LogP contribution >= 0.6 is 0 Å². The van der Waals surface area contributed by atoms with Crippen molar-refractivity contribution in [2.45, 2.75) is 26.1 Å². The second-order valence-electron chi connectivity index (χ2n) is 5.86. The van der Waals surface area contributed by atoms with Crippen LogP contribution in [0.15, 0.2) is 24.4 Å². The fourth-order valence-electron chi connectivity index (χ4n) is 2.73. The molecule has 2 N–H and O–H groups in total. The number of aromatic nitrogens is 1. The van der Waals surface area contributed by atoms with Gasteiger partial charge in [0.1, 0.15) is 0 Å². The maximum absolute atomic E-state index is 12.7. The number of nitrogens with one attached hydrogen (secondary N) is 1. The lowest BCUT2D eigenvalue weighted by atomic mass is 10.1. The lowest BCUT2D eigenvalue weighted by Gasteiger charge is -2.26. The molecule has 2 rings (SSSR count). The minimum absolute atomic E-state index is 0.0102. The average Bonchev–Trinajstić information content (AvgIpc) is 2.97. The molecule has 1 aromatic carbocycles. The molecular weight excluding hydrogens is 308 g/mol. The fraction of sp³-hybridized carbons (Fsp3) is 0.500. The van der Waals surface area contributed by atoms with Gasteiger partial charge in [0.15, 0.2) is 6.29 Å². The molecule has 0 radical (unpaired) electrons. The van der Waals surface area contributed by atoms with Gasteiger partial charge in [-0.05, 0) is 30.5 Å². The van der Waals surface area contributed by atoms with E-state index in [0.29, 0.717) is 25.9 Å². The third kappa shape index (κ3) is 4.56. The highest BCUT2D eigenvalue weighted by molar-refractivity contribution is 5.89. The molecule has 0 aliphatic heterocycles. The minimum Gasteiger partial charge on any atom is -0.396 e. The van der Waals surface area contributed by atoms with E-state index >= 15 is 0 Å². The summed E-state index contributed by atoms with van der Waals surface area (Å²) in [5, 5.41) is 10.1. The van der Waals surface area contributed by atoms with E-state index in [1.807, 2.05) is 25.3 Å². The van der Waals surface area contributed by atoms with Gasteiger partial charge < -0.3 is 24.5 Å². The maximum Gasteiger partial charge on any atom is 0.227 e. The smallest absolute Gasteiger partial charge is 0.227 e. The minimum atomic E-state index is -0.474. The Morgan fingerprint density at radius 3 is 2.75 bits per heavy atom. The summed E-state index contributed by atoms with van der Waals surface area (Å²) in [6, 6.07) is 6.15. The van der Waals surface area contributed by atoms with Gasteiger partial charge >= 0.3 is 0 Å². The number of H-pyrrole nitrogens is 1. The topological polar surface area (TPSA) is 74.8 Å². The number of hydrogen-bond acceptors (Lipinski definition) is 4. The number of aliphatic hydroxyl groups is 1. The predicted molar refractivity (Wildman–Crippen MR) is 92.8 cm³/mol. The molecule has 0 bridgehead atoms. The van der Waals surface area contributed by atoms with Crippen molar-refractivity contribution >= 4 is 16.8 Å². The second kappa shape index (κ2) is 8.82. The molecule has 6 nitrogen and oxygen atoms in total. The van der Waals surface area contributed by atoms with Crippen LogP contribution in [0.4, 0.5) is 0 Å². The van der Waals surface area contributed by atoms with Crippen molar-refractivity contribution in [2.24, 2.45) is 0 Å². The number of aliphatic hydroxyl groups excluding tert-OH is 1. The Morgan fingerprint density at radius 2 is 2.08 bits per heavy atom. The number of aryl methyl sites for hydroxylation is 1. The first-order chi connectivity index (χ1) is 11.6. The van der Waals surface area contributed by atoms with E-state index in [2.05, 4.69) is 11.1 Å². The van der Waals surface area contributed by atoms with Gasteiger partial charge in [-0.2, -0.15) is 0 Å². The quantitative estimate of drug-likeness (QED) is 0.686. The summed E-state index contributed by atoms with van der Waals surface area (Å²) in [7, 11) is 3.09. The third-order valence-corrected chi connectivity index (χ3v) is 4.10. The molecule has 1 heterocycles. The molecule has 6 heteroatoms. The Kier molecular flexibility index (Phi) is 6.78. The standard InChI is InChI=1S/C18H26N2O4/c1-13-5-6-15-14(11-19-16(15)9-13)10-17(22)20(7-4-8-21)12-18(23-2)24-3/h5-6,9,11,18-19,21H,4,7-8,10,12H2,1-3H3. The van der Waals surface area contributed by atoms with E-state index in [0.717, 1.165) is 16.5 Å². The number of aromatic amines is 1. The van der Waals surface area contributed by atoms with E-state index in [1.165, 1.54) is 5.56 Å². The SMILES string of the molecule is COC(CN(CCCO)C(=O)Cc1c[nH]c2cc(C)ccc12)OC. The van der Waals surface area contributed by atoms with Crippen molar-refractivity contribution in [1.29, 1.82) is 0 Å². The van der Waals surface area contributed by atoms with Gasteiger partial charge in [0, 0.05) is 44.5 Å². The van der Waals surface area contributed by atoms with Gasteiger partial charge in [-0.25, -0.2) is 0 Å². The normalized spacial score (nSPS) is 11.4. The average molecular weight is 334 g/mol. The van der Waals surface area contributed by atoms with Crippen molar-refractivity contribution < 1.29 is 19.4 Å². The van der Waals surface area contributed by atoms with E-state index in [9.17, 15) is 4.79 Å². The number of benzene rings is 1. The molecule has 0 aliphatic rings. The largest absolute Gasteiger partial charge is 0.396 e. The highest BCUT2D eigenvalue weighted by atomic mass is 16.7. The summed E-state index contributed by atoms with van der Waals surface area (Å²) < 4.78 is 10.4. The molecule has 0 spiro atoms. The Hall–Kier alpha value is -1.89. The monoisotopic (exact) mass is 334 g/mol. The summed E-state index contributed by atoms with van der Waals surface area (Å²) in [5.41, 5.74) is 3.18. The van der Waals surface area contributed by atoms with Crippen LogP contribution in [0.2, 0.25) is 0 Å². The van der Waals surface area contributed by atoms with Gasteiger partial charge in [-0.1, -0.05) is 12.1 Å². The molecule has 0 aliphatic carbocycles. The van der Waals surface area contributed by atoms with Gasteiger partial charge in [-0.15, -0.1) is 0 Å². The Labute approximate surface area is 142 Å². The number of rotatable bonds is 9. The molecule has 0 unspecified atom stereocenters. The Bertz CT molecular complexity index is 664. The number of hydrogen-bond donors (Lipinski definition) is 2. The van der Waals surface area contributed by atoms with Gasteiger partial charge in [0.05, 0.1) is 13.0 Å². The van der Waals surface area contributed by atoms with E-state index in [-0.39, 0.29) is 12.5 Å². The summed E-state index contributed by atoms with van der Waals surface area (Å²) in [6.07, 6.45) is 2.24. The van der Waals surface area contributed by atoms with Gasteiger partial charge in [0.25, 0.3) is 0 Å². The number of fused-ring (bicyclic) bond motifs is 1. The molecular formula is C18H26N2O4. The lowest BCUT2D eigenvalue weighted by molar-refractivity contribution is -0.145. The maximum atomic E-state index is 12.7. The van der Waals surface area contributed by atoms with Crippen molar-refractivity contribution in [1.82, 2.24) is 9.88 Å². The molecule has 1 amide bonds. The zero-order valence-electron chi connectivity index (χ0n) is 14.5. The fourth-order valence-corrected chi connectivity index (χ4v) is 2.73. The Balaban J connectivity index is 2.12. The van der Waals surface area contributed by atoms with Crippen LogP contribution < -0.4 is 0 Å². The molecule has 0 saturated heterocycles. The number of ether oxygens (including phenoxy) is 2. The van der Waals surface area contributed by atoms with E-state index < -0.39 is 6.29 Å². The van der Waals surface area contributed by atoms with Crippen LogP contribution in [0, 0.1) is 6.92 Å². The first kappa shape index (κ1) is 18.4. The summed E-state index contributed by atoms with van der Waals surface area (Å²) in [6.45, 7) is 2.89. The number of carbonyl (C=O) groups excluding carboxylic acids is 1. The highest BCUT2D eigenvalue weighted by Gasteiger charge is 2.19. The summed E-state index contributed by atoms with van der Waals surface area (Å²) >= 11 is 0. The molecule has 0 fully saturated rings. The van der Waals surface area contributed by atoms with Crippen LogP contribution in [-0.2, 0) is 20.7 Å². The summed E-state index contributed by atoms with van der Waals surface area (Å²) in [5.74, 6) is -0.0102. The van der Waals surface area contributed by atoms with Crippen molar-refractivity contribution in [2.75, 3.05) is 33.9 Å². The second-order valence-corrected chi connectivity index (χ2v) is 5.86. The molecule has 2 aromatic rings. The van der Waals surface area contributed by atoms with Crippen LogP contribution in [0.25, 0.3) is 10.9 Å². The number of amides is 1. The number of carbonyl (C=O) groups is 1. The van der Waals surface area contributed by atoms with Crippen molar-refractivity contribution in [3.05, 3.63) is 35.5 Å². The van der Waals surface area contributed by atoms with E-state index in [4.69, 9.17) is 14.6 Å². The Morgan fingerprint density at radius 1 is 1.33 bits per heavy atom. The zero-order valence-corrected chi connectivity index (χ0v) is 14.5. The molecule has 132 valence electrons. The number of nitrogens with zero attached hydrogens (tertiary/aromatic N) is 1. The lowest BCUT2D eigenvalue weighted by Crippen LogP contribution is -2.40. The van der Waals surface area contributed by atoms with Crippen LogP contribution in [0.1, 0.15) is 17.5 Å². The summed E-state index contributed by atoms with van der Waals surface area (Å²) in [4.78, 5) is 17.6. The highest BCUT2D eigenvalue weighted by Crippen LogP contribution is 2.20. The predicted octanol–water partition coefficient (Wildman–Crippen LogP) is 1.85. The molecule has 1 aromatic heterocycles. The van der Waals surface area contributed by atoms with Crippen molar-refractivity contribution in [3.8, 4) is 0 Å². The third-order valence-electron chi connectivity index (χ3n) is 4.10. The van der Waals surface area contributed by atoms with Crippen molar-refractivity contribution in [3.63, 3.8) is 0 Å². The van der Waals surface area contributed by atoms with E-state index in [1.54, 1.807) is 19.1 Å². The first-order valence-corrected chi connectivity index (χ1v) is 8.10. The van der Waals surface area contributed by atoms with Gasteiger partial charge in [0.2, 0.25) is 5.91 Å². The van der Waals surface area contributed by atoms with Gasteiger partial charge in [-0.3, -0.25) is 4.79 Å². The first-order valence-electron chi connectivity index (χ1n) is 8.10. The van der Waals surface area contributed by atoms with Crippen LogP contribution in [0.3, 0.4) is 0 Å². The molecule has 24 heavy (non-hydrogen) atoms. The molecule has 0 atom stereocenters. The van der Waals surface area contributed by atoms with Crippen LogP contribution in [0.5, 0.6) is 0 Å². The zero-order chi connectivity index (χ0) is 17.5. The molecule has 0 saturated carbocycles. The van der Waals surface area contributed by atoms with Crippen LogP contribution in [-0.4, -0.2) is 61.1 Å². The number of methoxy groups -OCH3 is 2.